The molecule has 16 heavy (non-hydrogen) atoms. The summed E-state index contributed by atoms with van der Waals surface area (Å²) in [4.78, 5) is 0. The van der Waals surface area contributed by atoms with E-state index in [1.54, 1.807) is 0 Å². The molecule has 0 radical (unpaired) electrons. The monoisotopic (exact) mass is 235 g/mol. The summed E-state index contributed by atoms with van der Waals surface area (Å²) in [5.74, 6) is 0.909. The van der Waals surface area contributed by atoms with Gasteiger partial charge in [-0.15, -0.1) is 5.10 Å². The van der Waals surface area contributed by atoms with Crippen molar-refractivity contribution in [3.63, 3.8) is 0 Å². The zero-order valence-corrected chi connectivity index (χ0v) is 9.82. The molecule has 1 aliphatic carbocycles. The molecule has 0 bridgehead atoms. The van der Waals surface area contributed by atoms with Crippen LogP contribution in [0.4, 0.5) is 0 Å². The van der Waals surface area contributed by atoms with E-state index in [4.69, 9.17) is 11.6 Å². The maximum Gasteiger partial charge on any atom is 0.114 e. The summed E-state index contributed by atoms with van der Waals surface area (Å²) in [5.41, 5.74) is 1.98. The maximum atomic E-state index is 5.91. The zero-order valence-electron chi connectivity index (χ0n) is 9.06. The molecule has 1 aromatic carbocycles. The first-order valence-corrected chi connectivity index (χ1v) is 6.19. The van der Waals surface area contributed by atoms with Crippen LogP contribution in [-0.2, 0) is 6.54 Å². The number of nitrogens with zero attached hydrogens (tertiary/aromatic N) is 3. The Labute approximate surface area is 99.4 Å². The molecule has 1 aliphatic rings. The Morgan fingerprint density at radius 3 is 3.00 bits per heavy atom. The SMILES string of the molecule is Clc1ccc2c(c1)nnn2CCC1CCC1. The fourth-order valence-corrected chi connectivity index (χ4v) is 2.36. The molecule has 1 aromatic heterocycles. The summed E-state index contributed by atoms with van der Waals surface area (Å²) in [5, 5.41) is 9.03. The molecule has 1 heterocycles. The minimum absolute atomic E-state index is 0.721. The van der Waals surface area contributed by atoms with Gasteiger partial charge >= 0.3 is 0 Å². The molecule has 1 saturated carbocycles. The van der Waals surface area contributed by atoms with E-state index < -0.39 is 0 Å². The van der Waals surface area contributed by atoms with E-state index in [2.05, 4.69) is 10.3 Å². The molecule has 4 heteroatoms. The van der Waals surface area contributed by atoms with Crippen molar-refractivity contribution in [2.75, 3.05) is 0 Å². The summed E-state index contributed by atoms with van der Waals surface area (Å²) in [6, 6.07) is 5.76. The topological polar surface area (TPSA) is 30.7 Å². The number of aryl methyl sites for hydroxylation is 1. The second kappa shape index (κ2) is 4.06. The number of benzene rings is 1. The smallest absolute Gasteiger partial charge is 0.114 e. The molecule has 0 amide bonds. The Kier molecular flexibility index (Phi) is 2.56. The largest absolute Gasteiger partial charge is 0.245 e. The first-order chi connectivity index (χ1) is 7.83. The van der Waals surface area contributed by atoms with Crippen LogP contribution in [0, 0.1) is 5.92 Å². The van der Waals surface area contributed by atoms with Crippen LogP contribution in [0.5, 0.6) is 0 Å². The van der Waals surface area contributed by atoms with Crippen molar-refractivity contribution in [1.82, 2.24) is 15.0 Å². The van der Waals surface area contributed by atoms with Gasteiger partial charge in [-0.2, -0.15) is 0 Å². The van der Waals surface area contributed by atoms with Crippen LogP contribution in [-0.4, -0.2) is 15.0 Å². The van der Waals surface area contributed by atoms with Crippen LogP contribution in [0.2, 0.25) is 5.02 Å². The molecule has 0 saturated heterocycles. The van der Waals surface area contributed by atoms with Crippen molar-refractivity contribution < 1.29 is 0 Å². The Bertz CT molecular complexity index is 502. The third kappa shape index (κ3) is 1.80. The van der Waals surface area contributed by atoms with Crippen molar-refractivity contribution in [3.8, 4) is 0 Å². The molecule has 0 N–H and O–H groups in total. The van der Waals surface area contributed by atoms with E-state index in [1.807, 2.05) is 22.9 Å². The Morgan fingerprint density at radius 1 is 1.38 bits per heavy atom. The van der Waals surface area contributed by atoms with Crippen molar-refractivity contribution >= 4 is 22.6 Å². The molecule has 1 fully saturated rings. The first kappa shape index (κ1) is 10.1. The Balaban J connectivity index is 1.80. The first-order valence-electron chi connectivity index (χ1n) is 5.82. The van der Waals surface area contributed by atoms with Gasteiger partial charge in [0.15, 0.2) is 0 Å². The number of fused-ring (bicyclic) bond motifs is 1. The average molecular weight is 236 g/mol. The molecule has 0 spiro atoms. The summed E-state index contributed by atoms with van der Waals surface area (Å²) in [6.07, 6.45) is 5.40. The second-order valence-electron chi connectivity index (χ2n) is 4.53. The van der Waals surface area contributed by atoms with Gasteiger partial charge in [0.25, 0.3) is 0 Å². The molecule has 0 unspecified atom stereocenters. The van der Waals surface area contributed by atoms with Gasteiger partial charge in [0.2, 0.25) is 0 Å². The van der Waals surface area contributed by atoms with Gasteiger partial charge in [0.1, 0.15) is 5.52 Å². The lowest BCUT2D eigenvalue weighted by molar-refractivity contribution is 0.278. The summed E-state index contributed by atoms with van der Waals surface area (Å²) >= 11 is 5.91. The predicted molar refractivity (Wildman–Crippen MR) is 64.5 cm³/mol. The number of aromatic nitrogens is 3. The van der Waals surface area contributed by atoms with Crippen LogP contribution >= 0.6 is 11.6 Å². The minimum atomic E-state index is 0.721. The molecule has 2 aromatic rings. The number of halogens is 1. The van der Waals surface area contributed by atoms with E-state index in [0.29, 0.717) is 0 Å². The van der Waals surface area contributed by atoms with Gasteiger partial charge in [0.05, 0.1) is 5.52 Å². The summed E-state index contributed by atoms with van der Waals surface area (Å²) in [7, 11) is 0. The lowest BCUT2D eigenvalue weighted by Crippen LogP contribution is -2.14. The van der Waals surface area contributed by atoms with Crippen molar-refractivity contribution in [3.05, 3.63) is 23.2 Å². The number of hydrogen-bond acceptors (Lipinski definition) is 2. The normalized spacial score (nSPS) is 16.6. The zero-order chi connectivity index (χ0) is 11.0. The van der Waals surface area contributed by atoms with Gasteiger partial charge in [-0.1, -0.05) is 36.1 Å². The fourth-order valence-electron chi connectivity index (χ4n) is 2.20. The van der Waals surface area contributed by atoms with Crippen molar-refractivity contribution in [2.45, 2.75) is 32.2 Å². The molecule has 3 nitrogen and oxygen atoms in total. The highest BCUT2D eigenvalue weighted by Gasteiger charge is 2.17. The van der Waals surface area contributed by atoms with Crippen LogP contribution in [0.15, 0.2) is 18.2 Å². The summed E-state index contributed by atoms with van der Waals surface area (Å²) < 4.78 is 1.99. The molecular formula is C12H14ClN3. The highest BCUT2D eigenvalue weighted by molar-refractivity contribution is 6.31. The highest BCUT2D eigenvalue weighted by Crippen LogP contribution is 2.30. The van der Waals surface area contributed by atoms with E-state index in [0.717, 1.165) is 28.5 Å². The molecule has 84 valence electrons. The fraction of sp³-hybridized carbons (Fsp3) is 0.500. The van der Waals surface area contributed by atoms with Gasteiger partial charge in [-0.05, 0) is 30.5 Å². The van der Waals surface area contributed by atoms with Crippen LogP contribution in [0.1, 0.15) is 25.7 Å². The van der Waals surface area contributed by atoms with Gasteiger partial charge in [0, 0.05) is 11.6 Å². The van der Waals surface area contributed by atoms with Crippen LogP contribution in [0.3, 0.4) is 0 Å². The number of rotatable bonds is 3. The third-order valence-electron chi connectivity index (χ3n) is 3.45. The lowest BCUT2D eigenvalue weighted by atomic mass is 9.83. The van der Waals surface area contributed by atoms with E-state index in [1.165, 1.54) is 25.7 Å². The van der Waals surface area contributed by atoms with Gasteiger partial charge < -0.3 is 0 Å². The van der Waals surface area contributed by atoms with Crippen LogP contribution in [0.25, 0.3) is 11.0 Å². The third-order valence-corrected chi connectivity index (χ3v) is 3.68. The maximum absolute atomic E-state index is 5.91. The summed E-state index contributed by atoms with van der Waals surface area (Å²) in [6.45, 7) is 0.975. The Morgan fingerprint density at radius 2 is 2.25 bits per heavy atom. The van der Waals surface area contributed by atoms with Crippen molar-refractivity contribution in [1.29, 1.82) is 0 Å². The lowest BCUT2D eigenvalue weighted by Gasteiger charge is -2.24. The van der Waals surface area contributed by atoms with Gasteiger partial charge in [-0.3, -0.25) is 0 Å². The van der Waals surface area contributed by atoms with E-state index in [-0.39, 0.29) is 0 Å². The molecular weight excluding hydrogens is 222 g/mol. The molecule has 0 aliphatic heterocycles. The average Bonchev–Trinajstić information content (AvgIpc) is 2.58. The predicted octanol–water partition coefficient (Wildman–Crippen LogP) is 3.27. The highest BCUT2D eigenvalue weighted by atomic mass is 35.5. The Hall–Kier alpha value is -1.09. The quantitative estimate of drug-likeness (QED) is 0.818. The van der Waals surface area contributed by atoms with Crippen LogP contribution < -0.4 is 0 Å². The standard InChI is InChI=1S/C12H14ClN3/c13-10-4-5-12-11(8-10)14-15-16(12)7-6-9-2-1-3-9/h4-5,8-9H,1-3,6-7H2. The van der Waals surface area contributed by atoms with E-state index in [9.17, 15) is 0 Å². The minimum Gasteiger partial charge on any atom is -0.245 e. The van der Waals surface area contributed by atoms with Gasteiger partial charge in [-0.25, -0.2) is 4.68 Å². The van der Waals surface area contributed by atoms with Crippen molar-refractivity contribution in [2.24, 2.45) is 5.92 Å². The second-order valence-corrected chi connectivity index (χ2v) is 4.97. The van der Waals surface area contributed by atoms with E-state index >= 15 is 0 Å². The molecule has 0 atom stereocenters. The molecule has 3 rings (SSSR count). The number of hydrogen-bond donors (Lipinski definition) is 0.